The fraction of sp³-hybridized carbons (Fsp3) is 0.474. The molecule has 0 N–H and O–H groups in total. The minimum absolute atomic E-state index is 0. The Bertz CT molecular complexity index is 619. The van der Waals surface area contributed by atoms with Gasteiger partial charge in [-0.25, -0.2) is 4.98 Å². The van der Waals surface area contributed by atoms with E-state index in [1.807, 2.05) is 43.3 Å². The Hall–Kier alpha value is -1.36. The number of ether oxygens (including phenoxy) is 1. The smallest absolute Gasteiger partial charge is 0.217 e. The quantitative estimate of drug-likeness (QED) is 0.685. The molecule has 0 radical (unpaired) electrons. The zero-order chi connectivity index (χ0) is 15.9. The van der Waals surface area contributed by atoms with Gasteiger partial charge < -0.3 is 9.64 Å². The highest BCUT2D eigenvalue weighted by Gasteiger charge is 2.10. The first-order valence-corrected chi connectivity index (χ1v) is 8.57. The molecule has 0 atom stereocenters. The molecule has 1 aliphatic heterocycles. The summed E-state index contributed by atoms with van der Waals surface area (Å²) in [5.41, 5.74) is 1.96. The summed E-state index contributed by atoms with van der Waals surface area (Å²) in [6, 6.07) is 12.0. The summed E-state index contributed by atoms with van der Waals surface area (Å²) in [5.74, 6) is 1.41. The summed E-state index contributed by atoms with van der Waals surface area (Å²) in [5, 5.41) is 0. The summed E-state index contributed by atoms with van der Waals surface area (Å²) in [7, 11) is 0. The molecule has 0 bridgehead atoms. The standard InChI is InChI=1S/C19H25N3O.2ClH/c1-16-15-18(21-19(20-16)17-9-4-2-5-10-17)23-14-8-13-22-11-6-3-7-12-22;;/h2,4-5,9-10,15H,3,6-8,11-14H2,1H3;2*1H. The van der Waals surface area contributed by atoms with Crippen LogP contribution in [0.15, 0.2) is 36.4 Å². The number of piperidine rings is 1. The molecule has 3 rings (SSSR count). The van der Waals surface area contributed by atoms with Gasteiger partial charge >= 0.3 is 0 Å². The van der Waals surface area contributed by atoms with Crippen molar-refractivity contribution in [3.05, 3.63) is 42.1 Å². The van der Waals surface area contributed by atoms with Gasteiger partial charge in [0.15, 0.2) is 5.82 Å². The predicted octanol–water partition coefficient (Wildman–Crippen LogP) is 4.55. The van der Waals surface area contributed by atoms with Crippen LogP contribution in [0.3, 0.4) is 0 Å². The van der Waals surface area contributed by atoms with E-state index in [0.717, 1.165) is 30.0 Å². The van der Waals surface area contributed by atoms with Crippen LogP contribution in [0.2, 0.25) is 0 Å². The largest absolute Gasteiger partial charge is 0.478 e. The number of aryl methyl sites for hydroxylation is 1. The molecule has 2 aromatic rings. The van der Waals surface area contributed by atoms with E-state index in [0.29, 0.717) is 12.5 Å². The Morgan fingerprint density at radius 2 is 1.72 bits per heavy atom. The average molecular weight is 384 g/mol. The van der Waals surface area contributed by atoms with Crippen LogP contribution in [0.4, 0.5) is 0 Å². The minimum atomic E-state index is 0. The first kappa shape index (κ1) is 21.7. The SMILES string of the molecule is Cc1cc(OCCCN2CCCCC2)nc(-c2ccccc2)n1.Cl.Cl. The van der Waals surface area contributed by atoms with Crippen LogP contribution in [0.5, 0.6) is 5.88 Å². The number of likely N-dealkylation sites (tertiary alicyclic amines) is 1. The number of hydrogen-bond donors (Lipinski definition) is 0. The van der Waals surface area contributed by atoms with Gasteiger partial charge in [0.2, 0.25) is 5.88 Å². The molecule has 0 amide bonds. The number of benzene rings is 1. The van der Waals surface area contributed by atoms with Crippen LogP contribution < -0.4 is 4.74 Å². The third-order valence-electron chi connectivity index (χ3n) is 4.18. The number of nitrogens with zero attached hydrogens (tertiary/aromatic N) is 3. The third kappa shape index (κ3) is 6.81. The Labute approximate surface area is 162 Å². The third-order valence-corrected chi connectivity index (χ3v) is 4.18. The van der Waals surface area contributed by atoms with E-state index in [1.165, 1.54) is 32.4 Å². The van der Waals surface area contributed by atoms with Gasteiger partial charge in [-0.05, 0) is 39.3 Å². The van der Waals surface area contributed by atoms with Gasteiger partial charge in [-0.2, -0.15) is 4.98 Å². The van der Waals surface area contributed by atoms with Crippen molar-refractivity contribution in [2.45, 2.75) is 32.6 Å². The highest BCUT2D eigenvalue weighted by Crippen LogP contribution is 2.18. The van der Waals surface area contributed by atoms with E-state index in [4.69, 9.17) is 4.74 Å². The zero-order valence-corrected chi connectivity index (χ0v) is 16.3. The molecule has 1 saturated heterocycles. The molecule has 0 saturated carbocycles. The number of aromatic nitrogens is 2. The van der Waals surface area contributed by atoms with Crippen LogP contribution in [0.25, 0.3) is 11.4 Å². The average Bonchev–Trinajstić information content (AvgIpc) is 2.60. The van der Waals surface area contributed by atoms with Crippen molar-refractivity contribution >= 4 is 24.8 Å². The lowest BCUT2D eigenvalue weighted by molar-refractivity contribution is 0.203. The van der Waals surface area contributed by atoms with Gasteiger partial charge in [-0.1, -0.05) is 36.8 Å². The maximum atomic E-state index is 5.86. The van der Waals surface area contributed by atoms with Crippen molar-refractivity contribution in [3.63, 3.8) is 0 Å². The van der Waals surface area contributed by atoms with Gasteiger partial charge in [0.05, 0.1) is 6.61 Å². The molecular weight excluding hydrogens is 357 g/mol. The lowest BCUT2D eigenvalue weighted by Gasteiger charge is -2.26. The second kappa shape index (κ2) is 11.3. The first-order chi connectivity index (χ1) is 11.3. The molecule has 0 unspecified atom stereocenters. The number of rotatable bonds is 6. The lowest BCUT2D eigenvalue weighted by Crippen LogP contribution is -2.31. The molecule has 1 aliphatic rings. The van der Waals surface area contributed by atoms with E-state index in [2.05, 4.69) is 14.9 Å². The molecule has 1 aromatic heterocycles. The Morgan fingerprint density at radius 1 is 1.00 bits per heavy atom. The van der Waals surface area contributed by atoms with Crippen molar-refractivity contribution in [2.75, 3.05) is 26.2 Å². The molecule has 2 heterocycles. The van der Waals surface area contributed by atoms with Crippen LogP contribution in [-0.4, -0.2) is 41.1 Å². The normalized spacial score (nSPS) is 14.3. The van der Waals surface area contributed by atoms with Crippen LogP contribution in [0.1, 0.15) is 31.4 Å². The van der Waals surface area contributed by atoms with Gasteiger partial charge in [-0.3, -0.25) is 0 Å². The summed E-state index contributed by atoms with van der Waals surface area (Å²) >= 11 is 0. The second-order valence-corrected chi connectivity index (χ2v) is 6.14. The van der Waals surface area contributed by atoms with Crippen LogP contribution in [0, 0.1) is 6.92 Å². The maximum absolute atomic E-state index is 5.86. The second-order valence-electron chi connectivity index (χ2n) is 6.14. The van der Waals surface area contributed by atoms with Crippen molar-refractivity contribution in [2.24, 2.45) is 0 Å². The molecule has 0 spiro atoms. The van der Waals surface area contributed by atoms with Gasteiger partial charge in [0, 0.05) is 23.9 Å². The van der Waals surface area contributed by atoms with E-state index in [-0.39, 0.29) is 24.8 Å². The molecule has 0 aliphatic carbocycles. The monoisotopic (exact) mass is 383 g/mol. The van der Waals surface area contributed by atoms with E-state index in [9.17, 15) is 0 Å². The molecule has 4 nitrogen and oxygen atoms in total. The predicted molar refractivity (Wildman–Crippen MR) is 107 cm³/mol. The summed E-state index contributed by atoms with van der Waals surface area (Å²) < 4.78 is 5.86. The van der Waals surface area contributed by atoms with Gasteiger partial charge in [0.25, 0.3) is 0 Å². The Kier molecular flexibility index (Phi) is 9.79. The minimum Gasteiger partial charge on any atom is -0.478 e. The summed E-state index contributed by atoms with van der Waals surface area (Å²) in [6.45, 7) is 6.29. The van der Waals surface area contributed by atoms with E-state index in [1.54, 1.807) is 0 Å². The molecule has 1 aromatic carbocycles. The first-order valence-electron chi connectivity index (χ1n) is 8.57. The number of halogens is 2. The molecule has 6 heteroatoms. The fourth-order valence-corrected chi connectivity index (χ4v) is 2.98. The molecular formula is C19H27Cl2N3O. The molecule has 1 fully saturated rings. The molecule has 25 heavy (non-hydrogen) atoms. The summed E-state index contributed by atoms with van der Waals surface area (Å²) in [6.07, 6.45) is 5.11. The number of hydrogen-bond acceptors (Lipinski definition) is 4. The molecule has 138 valence electrons. The van der Waals surface area contributed by atoms with Crippen molar-refractivity contribution in [3.8, 4) is 17.3 Å². The highest BCUT2D eigenvalue weighted by atomic mass is 35.5. The van der Waals surface area contributed by atoms with Crippen molar-refractivity contribution in [1.29, 1.82) is 0 Å². The fourth-order valence-electron chi connectivity index (χ4n) is 2.98. The zero-order valence-electron chi connectivity index (χ0n) is 14.7. The lowest BCUT2D eigenvalue weighted by atomic mass is 10.1. The van der Waals surface area contributed by atoms with Gasteiger partial charge in [0.1, 0.15) is 0 Å². The maximum Gasteiger partial charge on any atom is 0.217 e. The highest BCUT2D eigenvalue weighted by molar-refractivity contribution is 5.85. The Balaban J connectivity index is 0.00000156. The van der Waals surface area contributed by atoms with Crippen molar-refractivity contribution < 1.29 is 4.74 Å². The van der Waals surface area contributed by atoms with E-state index < -0.39 is 0 Å². The summed E-state index contributed by atoms with van der Waals surface area (Å²) in [4.78, 5) is 11.6. The van der Waals surface area contributed by atoms with Gasteiger partial charge in [-0.15, -0.1) is 24.8 Å². The van der Waals surface area contributed by atoms with E-state index >= 15 is 0 Å². The van der Waals surface area contributed by atoms with Crippen LogP contribution >= 0.6 is 24.8 Å². The van der Waals surface area contributed by atoms with Crippen molar-refractivity contribution in [1.82, 2.24) is 14.9 Å². The topological polar surface area (TPSA) is 38.2 Å². The Morgan fingerprint density at radius 3 is 2.44 bits per heavy atom. The van der Waals surface area contributed by atoms with Crippen LogP contribution in [-0.2, 0) is 0 Å².